The third kappa shape index (κ3) is 5.01. The van der Waals surface area contributed by atoms with E-state index in [-0.39, 0.29) is 5.91 Å². The molecule has 0 spiro atoms. The Bertz CT molecular complexity index is 241. The number of carbonyl (C=O) groups is 1. The quantitative estimate of drug-likeness (QED) is 0.693. The molecular weight excluding hydrogens is 186 g/mol. The number of hydrogen-bond donors (Lipinski definition) is 1. The zero-order valence-electron chi connectivity index (χ0n) is 10.2. The maximum Gasteiger partial charge on any atom is 0.220 e. The van der Waals surface area contributed by atoms with Gasteiger partial charge in [0.1, 0.15) is 0 Å². The molecule has 0 aromatic rings. The van der Waals surface area contributed by atoms with Crippen molar-refractivity contribution in [2.75, 3.05) is 6.54 Å². The second-order valence-corrected chi connectivity index (χ2v) is 5.07. The smallest absolute Gasteiger partial charge is 0.220 e. The van der Waals surface area contributed by atoms with Crippen LogP contribution in [0.25, 0.3) is 0 Å². The zero-order chi connectivity index (χ0) is 11.3. The minimum Gasteiger partial charge on any atom is -0.356 e. The van der Waals surface area contributed by atoms with Gasteiger partial charge in [0.05, 0.1) is 0 Å². The molecule has 2 heteroatoms. The Morgan fingerprint density at radius 3 is 2.87 bits per heavy atom. The van der Waals surface area contributed by atoms with Crippen LogP contribution in [0.15, 0.2) is 11.6 Å². The van der Waals surface area contributed by atoms with E-state index in [9.17, 15) is 4.79 Å². The molecule has 0 saturated carbocycles. The van der Waals surface area contributed by atoms with Crippen LogP contribution in [0.5, 0.6) is 0 Å². The summed E-state index contributed by atoms with van der Waals surface area (Å²) in [6.07, 6.45) is 6.66. The van der Waals surface area contributed by atoms with E-state index in [2.05, 4.69) is 32.2 Å². The lowest BCUT2D eigenvalue weighted by Gasteiger charge is -2.13. The number of hydrogen-bond acceptors (Lipinski definition) is 1. The molecule has 2 nitrogen and oxygen atoms in total. The van der Waals surface area contributed by atoms with E-state index in [4.69, 9.17) is 0 Å². The molecular formula is C13H23NO. The van der Waals surface area contributed by atoms with Gasteiger partial charge in [-0.05, 0) is 44.9 Å². The van der Waals surface area contributed by atoms with E-state index in [1.807, 2.05) is 0 Å². The van der Waals surface area contributed by atoms with Gasteiger partial charge in [0.25, 0.3) is 0 Å². The van der Waals surface area contributed by atoms with Crippen LogP contribution in [0.4, 0.5) is 0 Å². The van der Waals surface area contributed by atoms with Crippen molar-refractivity contribution in [3.05, 3.63) is 11.6 Å². The van der Waals surface area contributed by atoms with Crippen molar-refractivity contribution in [2.45, 2.75) is 46.5 Å². The second kappa shape index (κ2) is 5.94. The van der Waals surface area contributed by atoms with Gasteiger partial charge in [-0.1, -0.05) is 18.6 Å². The van der Waals surface area contributed by atoms with Crippen LogP contribution in [-0.2, 0) is 4.79 Å². The Labute approximate surface area is 93.1 Å². The minimum absolute atomic E-state index is 0.233. The summed E-state index contributed by atoms with van der Waals surface area (Å²) >= 11 is 0. The molecule has 0 aromatic heterocycles. The average molecular weight is 209 g/mol. The molecule has 0 aliphatic carbocycles. The summed E-state index contributed by atoms with van der Waals surface area (Å²) < 4.78 is 0. The summed E-state index contributed by atoms with van der Waals surface area (Å²) in [6, 6.07) is 0. The molecule has 1 aliphatic heterocycles. The largest absolute Gasteiger partial charge is 0.356 e. The predicted octanol–water partition coefficient (Wildman–Crippen LogP) is 2.90. The molecule has 1 aliphatic rings. The maximum atomic E-state index is 11.0. The normalized spacial score (nSPS) is 22.3. The Kier molecular flexibility index (Phi) is 4.86. The minimum atomic E-state index is 0.233. The second-order valence-electron chi connectivity index (χ2n) is 5.07. The molecule has 0 radical (unpaired) electrons. The SMILES string of the molecule is CC(C)=CCC[C@H](C)CC1CNC(=O)C1. The molecule has 86 valence electrons. The highest BCUT2D eigenvalue weighted by Gasteiger charge is 2.22. The van der Waals surface area contributed by atoms with Crippen LogP contribution in [0.3, 0.4) is 0 Å². The molecule has 1 unspecified atom stereocenters. The highest BCUT2D eigenvalue weighted by atomic mass is 16.1. The van der Waals surface area contributed by atoms with Gasteiger partial charge >= 0.3 is 0 Å². The van der Waals surface area contributed by atoms with E-state index >= 15 is 0 Å². The summed E-state index contributed by atoms with van der Waals surface area (Å²) in [5.41, 5.74) is 1.40. The van der Waals surface area contributed by atoms with Crippen molar-refractivity contribution >= 4 is 5.91 Å². The number of allylic oxidation sites excluding steroid dienone is 2. The summed E-state index contributed by atoms with van der Waals surface area (Å²) in [5, 5.41) is 2.90. The van der Waals surface area contributed by atoms with E-state index in [0.29, 0.717) is 5.92 Å². The number of nitrogens with one attached hydrogen (secondary N) is 1. The van der Waals surface area contributed by atoms with E-state index in [1.54, 1.807) is 0 Å². The fourth-order valence-corrected chi connectivity index (χ4v) is 2.17. The first-order valence-corrected chi connectivity index (χ1v) is 5.98. The Morgan fingerprint density at radius 1 is 1.60 bits per heavy atom. The standard InChI is InChI=1S/C13H23NO/c1-10(2)5-4-6-11(3)7-12-8-13(15)14-9-12/h5,11-12H,4,6-9H2,1-3H3,(H,14,15)/t11-,12?/m0/s1. The Morgan fingerprint density at radius 2 is 2.33 bits per heavy atom. The maximum absolute atomic E-state index is 11.0. The first kappa shape index (κ1) is 12.3. The van der Waals surface area contributed by atoms with Crippen LogP contribution in [-0.4, -0.2) is 12.5 Å². The van der Waals surface area contributed by atoms with Crippen molar-refractivity contribution in [3.8, 4) is 0 Å². The lowest BCUT2D eigenvalue weighted by molar-refractivity contribution is -0.119. The molecule has 1 amide bonds. The van der Waals surface area contributed by atoms with Crippen molar-refractivity contribution in [1.29, 1.82) is 0 Å². The van der Waals surface area contributed by atoms with Gasteiger partial charge in [0.2, 0.25) is 5.91 Å². The van der Waals surface area contributed by atoms with Gasteiger partial charge < -0.3 is 5.32 Å². The molecule has 15 heavy (non-hydrogen) atoms. The van der Waals surface area contributed by atoms with Crippen LogP contribution in [0, 0.1) is 11.8 Å². The first-order chi connectivity index (χ1) is 7.08. The molecule has 0 aromatic carbocycles. The van der Waals surface area contributed by atoms with Crippen LogP contribution in [0.2, 0.25) is 0 Å². The molecule has 0 bridgehead atoms. The van der Waals surface area contributed by atoms with Crippen molar-refractivity contribution in [2.24, 2.45) is 11.8 Å². The third-order valence-corrected chi connectivity index (χ3v) is 3.01. The van der Waals surface area contributed by atoms with E-state index in [1.165, 1.54) is 24.8 Å². The zero-order valence-corrected chi connectivity index (χ0v) is 10.2. The number of rotatable bonds is 5. The summed E-state index contributed by atoms with van der Waals surface area (Å²) in [6.45, 7) is 7.47. The Hall–Kier alpha value is -0.790. The van der Waals surface area contributed by atoms with Crippen molar-refractivity contribution in [3.63, 3.8) is 0 Å². The monoisotopic (exact) mass is 209 g/mol. The summed E-state index contributed by atoms with van der Waals surface area (Å²) in [4.78, 5) is 11.0. The van der Waals surface area contributed by atoms with E-state index in [0.717, 1.165) is 18.9 Å². The first-order valence-electron chi connectivity index (χ1n) is 5.98. The fraction of sp³-hybridized carbons (Fsp3) is 0.769. The van der Waals surface area contributed by atoms with Crippen molar-refractivity contribution in [1.82, 2.24) is 5.32 Å². The van der Waals surface area contributed by atoms with Gasteiger partial charge in [0, 0.05) is 13.0 Å². The summed E-state index contributed by atoms with van der Waals surface area (Å²) in [7, 11) is 0. The molecule has 1 fully saturated rings. The Balaban J connectivity index is 2.15. The fourth-order valence-electron chi connectivity index (χ4n) is 2.17. The summed E-state index contributed by atoms with van der Waals surface area (Å²) in [5.74, 6) is 1.55. The van der Waals surface area contributed by atoms with Gasteiger partial charge in [-0.2, -0.15) is 0 Å². The lowest BCUT2D eigenvalue weighted by Crippen LogP contribution is -2.14. The molecule has 1 N–H and O–H groups in total. The topological polar surface area (TPSA) is 29.1 Å². The highest BCUT2D eigenvalue weighted by molar-refractivity contribution is 5.78. The van der Waals surface area contributed by atoms with Crippen LogP contribution < -0.4 is 5.32 Å². The van der Waals surface area contributed by atoms with Gasteiger partial charge in [-0.3, -0.25) is 4.79 Å². The molecule has 1 heterocycles. The highest BCUT2D eigenvalue weighted by Crippen LogP contribution is 2.22. The van der Waals surface area contributed by atoms with Gasteiger partial charge in [-0.15, -0.1) is 0 Å². The number of amides is 1. The van der Waals surface area contributed by atoms with Gasteiger partial charge in [-0.25, -0.2) is 0 Å². The van der Waals surface area contributed by atoms with Crippen LogP contribution >= 0.6 is 0 Å². The predicted molar refractivity (Wildman–Crippen MR) is 63.6 cm³/mol. The van der Waals surface area contributed by atoms with Crippen LogP contribution in [0.1, 0.15) is 46.5 Å². The van der Waals surface area contributed by atoms with Crippen molar-refractivity contribution < 1.29 is 4.79 Å². The molecule has 2 atom stereocenters. The number of carbonyl (C=O) groups excluding carboxylic acids is 1. The van der Waals surface area contributed by atoms with Gasteiger partial charge in [0.15, 0.2) is 0 Å². The molecule has 1 rings (SSSR count). The third-order valence-electron chi connectivity index (χ3n) is 3.01. The lowest BCUT2D eigenvalue weighted by atomic mass is 9.91. The average Bonchev–Trinajstić information content (AvgIpc) is 2.50. The molecule has 1 saturated heterocycles. The van der Waals surface area contributed by atoms with E-state index < -0.39 is 0 Å².